The van der Waals surface area contributed by atoms with Crippen LogP contribution in [0.15, 0.2) is 9.21 Å². The van der Waals surface area contributed by atoms with Crippen LogP contribution in [-0.2, 0) is 7.05 Å². The second-order valence-electron chi connectivity index (χ2n) is 1.74. The van der Waals surface area contributed by atoms with Gasteiger partial charge in [-0.1, -0.05) is 0 Å². The summed E-state index contributed by atoms with van der Waals surface area (Å²) in [4.78, 5) is 4.04. The molecule has 0 saturated carbocycles. The van der Waals surface area contributed by atoms with E-state index in [1.807, 2.05) is 7.05 Å². The predicted molar refractivity (Wildman–Crippen MR) is 45.2 cm³/mol. The molecule has 0 atom stereocenters. The minimum atomic E-state index is 0.582. The Hall–Kier alpha value is -0.0300. The van der Waals surface area contributed by atoms with Crippen LogP contribution in [0.1, 0.15) is 0 Å². The molecule has 1 aromatic rings. The zero-order chi connectivity index (χ0) is 7.72. The van der Waals surface area contributed by atoms with Crippen molar-refractivity contribution in [3.63, 3.8) is 0 Å². The fourth-order valence-corrected chi connectivity index (χ4v) is 1.27. The van der Waals surface area contributed by atoms with E-state index in [0.717, 1.165) is 9.21 Å². The Morgan fingerprint density at radius 2 is 2.10 bits per heavy atom. The normalized spacial score (nSPS) is 10.0. The highest BCUT2D eigenvalue weighted by molar-refractivity contribution is 9.13. The van der Waals surface area contributed by atoms with E-state index in [2.05, 4.69) is 36.8 Å². The fraction of sp³-hybridized carbons (Fsp3) is 0.400. The molecular weight excluding hydrogens is 264 g/mol. The fourth-order valence-electron chi connectivity index (χ4n) is 0.610. The highest BCUT2D eigenvalue weighted by Crippen LogP contribution is 2.25. The molecule has 56 valence electrons. The lowest BCUT2D eigenvalue weighted by Crippen LogP contribution is -1.93. The number of nitrogens with zero attached hydrogens (tertiary/aromatic N) is 2. The molecule has 0 amide bonds. The van der Waals surface area contributed by atoms with Crippen molar-refractivity contribution in [1.82, 2.24) is 9.55 Å². The first-order valence-electron chi connectivity index (χ1n) is 2.58. The first-order valence-corrected chi connectivity index (χ1v) is 4.17. The maximum Gasteiger partial charge on any atom is 0.297 e. The first kappa shape index (κ1) is 8.07. The third-order valence-electron chi connectivity index (χ3n) is 1.13. The summed E-state index contributed by atoms with van der Waals surface area (Å²) >= 11 is 6.56. The van der Waals surface area contributed by atoms with Crippen LogP contribution in [0, 0.1) is 0 Å². The van der Waals surface area contributed by atoms with Crippen LogP contribution in [0.3, 0.4) is 0 Å². The van der Waals surface area contributed by atoms with Gasteiger partial charge in [0, 0.05) is 7.05 Å². The average molecular weight is 270 g/mol. The maximum absolute atomic E-state index is 4.94. The first-order chi connectivity index (χ1) is 4.66. The number of halogens is 2. The van der Waals surface area contributed by atoms with Gasteiger partial charge >= 0.3 is 0 Å². The Kier molecular flexibility index (Phi) is 2.36. The van der Waals surface area contributed by atoms with Crippen molar-refractivity contribution in [2.45, 2.75) is 0 Å². The zero-order valence-corrected chi connectivity index (χ0v) is 8.73. The van der Waals surface area contributed by atoms with Crippen LogP contribution < -0.4 is 4.74 Å². The molecule has 1 aromatic heterocycles. The summed E-state index contributed by atoms with van der Waals surface area (Å²) in [5.74, 6) is 0. The van der Waals surface area contributed by atoms with E-state index in [4.69, 9.17) is 4.74 Å². The number of methoxy groups -OCH3 is 1. The van der Waals surface area contributed by atoms with Crippen LogP contribution in [0.25, 0.3) is 0 Å². The summed E-state index contributed by atoms with van der Waals surface area (Å²) in [7, 11) is 3.45. The van der Waals surface area contributed by atoms with E-state index in [1.165, 1.54) is 0 Å². The number of ether oxygens (including phenoxy) is 1. The topological polar surface area (TPSA) is 27.1 Å². The molecule has 0 aliphatic heterocycles. The van der Waals surface area contributed by atoms with Crippen molar-refractivity contribution in [3.05, 3.63) is 9.21 Å². The highest BCUT2D eigenvalue weighted by Gasteiger charge is 2.08. The minimum Gasteiger partial charge on any atom is -0.468 e. The number of hydrogen-bond donors (Lipinski definition) is 0. The Balaban J connectivity index is 3.17. The lowest BCUT2D eigenvalue weighted by atomic mass is 10.9. The SMILES string of the molecule is COc1nc(Br)c(Br)n1C. The number of aromatic nitrogens is 2. The molecule has 0 aromatic carbocycles. The molecular formula is C5H6Br2N2O. The molecule has 1 rings (SSSR count). The summed E-state index contributed by atoms with van der Waals surface area (Å²) in [6, 6.07) is 0.582. The number of hydrogen-bond acceptors (Lipinski definition) is 2. The highest BCUT2D eigenvalue weighted by atomic mass is 79.9. The summed E-state index contributed by atoms with van der Waals surface area (Å²) < 4.78 is 8.37. The molecule has 0 radical (unpaired) electrons. The lowest BCUT2D eigenvalue weighted by Gasteiger charge is -1.97. The Bertz CT molecular complexity index is 246. The summed E-state index contributed by atoms with van der Waals surface area (Å²) in [5.41, 5.74) is 0. The monoisotopic (exact) mass is 268 g/mol. The molecule has 3 nitrogen and oxygen atoms in total. The van der Waals surface area contributed by atoms with E-state index in [1.54, 1.807) is 11.7 Å². The third kappa shape index (κ3) is 1.20. The number of imidazole rings is 1. The van der Waals surface area contributed by atoms with Gasteiger partial charge in [0.15, 0.2) is 0 Å². The molecule has 5 heteroatoms. The smallest absolute Gasteiger partial charge is 0.297 e. The van der Waals surface area contributed by atoms with Gasteiger partial charge < -0.3 is 4.74 Å². The molecule has 0 bridgehead atoms. The second-order valence-corrected chi connectivity index (χ2v) is 3.24. The minimum absolute atomic E-state index is 0.582. The van der Waals surface area contributed by atoms with Gasteiger partial charge in [-0.2, -0.15) is 4.98 Å². The predicted octanol–water partition coefficient (Wildman–Crippen LogP) is 1.95. The van der Waals surface area contributed by atoms with Crippen molar-refractivity contribution in [2.75, 3.05) is 7.11 Å². The van der Waals surface area contributed by atoms with Crippen molar-refractivity contribution < 1.29 is 4.74 Å². The van der Waals surface area contributed by atoms with Crippen LogP contribution in [0.2, 0.25) is 0 Å². The van der Waals surface area contributed by atoms with Crippen molar-refractivity contribution in [3.8, 4) is 6.01 Å². The standard InChI is InChI=1S/C5H6Br2N2O/c1-9-4(7)3(6)8-5(9)10-2/h1-2H3. The Morgan fingerprint density at radius 3 is 2.30 bits per heavy atom. The molecule has 1 heterocycles. The maximum atomic E-state index is 4.94. The molecule has 10 heavy (non-hydrogen) atoms. The van der Waals surface area contributed by atoms with Crippen LogP contribution in [0.5, 0.6) is 6.01 Å². The van der Waals surface area contributed by atoms with Crippen LogP contribution in [0.4, 0.5) is 0 Å². The summed E-state index contributed by atoms with van der Waals surface area (Å²) in [6.07, 6.45) is 0. The van der Waals surface area contributed by atoms with Gasteiger partial charge in [0.05, 0.1) is 7.11 Å². The van der Waals surface area contributed by atoms with Gasteiger partial charge in [0.25, 0.3) is 6.01 Å². The van der Waals surface area contributed by atoms with Crippen molar-refractivity contribution in [2.24, 2.45) is 7.05 Å². The number of rotatable bonds is 1. The van der Waals surface area contributed by atoms with Gasteiger partial charge in [-0.15, -0.1) is 0 Å². The van der Waals surface area contributed by atoms with E-state index >= 15 is 0 Å². The van der Waals surface area contributed by atoms with Crippen molar-refractivity contribution in [1.29, 1.82) is 0 Å². The molecule has 0 saturated heterocycles. The van der Waals surface area contributed by atoms with Gasteiger partial charge in [-0.25, -0.2) is 0 Å². The summed E-state index contributed by atoms with van der Waals surface area (Å²) in [5, 5.41) is 0. The van der Waals surface area contributed by atoms with Crippen LogP contribution in [-0.4, -0.2) is 16.7 Å². The van der Waals surface area contributed by atoms with Gasteiger partial charge in [-0.3, -0.25) is 4.57 Å². The van der Waals surface area contributed by atoms with Gasteiger partial charge in [0.1, 0.15) is 9.21 Å². The third-order valence-corrected chi connectivity index (χ3v) is 3.12. The molecule has 0 unspecified atom stereocenters. The van der Waals surface area contributed by atoms with E-state index in [0.29, 0.717) is 6.01 Å². The van der Waals surface area contributed by atoms with Gasteiger partial charge in [-0.05, 0) is 31.9 Å². The van der Waals surface area contributed by atoms with Crippen LogP contribution >= 0.6 is 31.9 Å². The van der Waals surface area contributed by atoms with Gasteiger partial charge in [0.2, 0.25) is 0 Å². The van der Waals surface area contributed by atoms with E-state index in [9.17, 15) is 0 Å². The molecule has 0 fully saturated rings. The quantitative estimate of drug-likeness (QED) is 0.779. The molecule has 0 N–H and O–H groups in total. The largest absolute Gasteiger partial charge is 0.468 e. The van der Waals surface area contributed by atoms with E-state index in [-0.39, 0.29) is 0 Å². The van der Waals surface area contributed by atoms with E-state index < -0.39 is 0 Å². The molecule has 0 aliphatic carbocycles. The average Bonchev–Trinajstić information content (AvgIpc) is 2.17. The lowest BCUT2D eigenvalue weighted by molar-refractivity contribution is 0.365. The Labute approximate surface area is 75.6 Å². The molecule has 0 aliphatic rings. The second kappa shape index (κ2) is 2.92. The zero-order valence-electron chi connectivity index (χ0n) is 5.56. The molecule has 0 spiro atoms. The summed E-state index contributed by atoms with van der Waals surface area (Å²) in [6.45, 7) is 0. The van der Waals surface area contributed by atoms with Crippen molar-refractivity contribution >= 4 is 31.9 Å². The Morgan fingerprint density at radius 1 is 1.50 bits per heavy atom.